The molecule has 0 saturated carbocycles. The second kappa shape index (κ2) is 6.06. The van der Waals surface area contributed by atoms with E-state index in [9.17, 15) is 0 Å². The largest absolute Gasteiger partial charge is 0.439 e. The van der Waals surface area contributed by atoms with E-state index in [0.29, 0.717) is 11.8 Å². The summed E-state index contributed by atoms with van der Waals surface area (Å²) >= 11 is 0. The fourth-order valence-corrected chi connectivity index (χ4v) is 2.20. The van der Waals surface area contributed by atoms with E-state index in [-0.39, 0.29) is 6.04 Å². The molecule has 2 rings (SSSR count). The Morgan fingerprint density at radius 2 is 1.85 bits per heavy atom. The molecule has 0 amide bonds. The predicted octanol–water partition coefficient (Wildman–Crippen LogP) is 4.33. The quantitative estimate of drug-likeness (QED) is 0.899. The average molecular weight is 270 g/mol. The smallest absolute Gasteiger partial charge is 0.219 e. The molecule has 0 spiro atoms. The molecular weight excluding hydrogens is 248 g/mol. The van der Waals surface area contributed by atoms with Gasteiger partial charge in [-0.1, -0.05) is 26.0 Å². The normalized spacial score (nSPS) is 12.5. The van der Waals surface area contributed by atoms with Crippen LogP contribution in [0.2, 0.25) is 0 Å². The molecule has 0 saturated heterocycles. The van der Waals surface area contributed by atoms with Crippen LogP contribution in [0.15, 0.2) is 36.5 Å². The molecule has 2 N–H and O–H groups in total. The maximum absolute atomic E-state index is 5.80. The minimum absolute atomic E-state index is 0.0101. The van der Waals surface area contributed by atoms with Crippen molar-refractivity contribution in [1.29, 1.82) is 0 Å². The Balaban J connectivity index is 2.15. The first kappa shape index (κ1) is 14.5. The van der Waals surface area contributed by atoms with E-state index in [1.807, 2.05) is 25.1 Å². The highest BCUT2D eigenvalue weighted by Gasteiger charge is 2.06. The van der Waals surface area contributed by atoms with Gasteiger partial charge < -0.3 is 10.5 Å². The molecule has 0 fully saturated rings. The van der Waals surface area contributed by atoms with Gasteiger partial charge in [-0.15, -0.1) is 0 Å². The van der Waals surface area contributed by atoms with Gasteiger partial charge in [-0.2, -0.15) is 0 Å². The van der Waals surface area contributed by atoms with Crippen LogP contribution >= 0.6 is 0 Å². The molecule has 0 aliphatic carbocycles. The summed E-state index contributed by atoms with van der Waals surface area (Å²) in [5.41, 5.74) is 9.39. The lowest BCUT2D eigenvalue weighted by atomic mass is 9.98. The minimum atomic E-state index is -0.0101. The molecular formula is C17H22N2O. The molecule has 3 nitrogen and oxygen atoms in total. The van der Waals surface area contributed by atoms with Crippen LogP contribution in [0.5, 0.6) is 11.6 Å². The maximum atomic E-state index is 5.80. The molecule has 1 aromatic heterocycles. The lowest BCUT2D eigenvalue weighted by Crippen LogP contribution is -2.05. The third kappa shape index (κ3) is 3.36. The lowest BCUT2D eigenvalue weighted by molar-refractivity contribution is 0.461. The lowest BCUT2D eigenvalue weighted by Gasteiger charge is -2.12. The van der Waals surface area contributed by atoms with E-state index < -0.39 is 0 Å². The number of hydrogen-bond acceptors (Lipinski definition) is 3. The molecule has 0 aliphatic rings. The van der Waals surface area contributed by atoms with Crippen LogP contribution in [-0.4, -0.2) is 4.98 Å². The average Bonchev–Trinajstić information content (AvgIpc) is 2.39. The summed E-state index contributed by atoms with van der Waals surface area (Å²) < 4.78 is 5.78. The molecule has 106 valence electrons. The van der Waals surface area contributed by atoms with Gasteiger partial charge in [0, 0.05) is 18.3 Å². The van der Waals surface area contributed by atoms with E-state index in [1.165, 1.54) is 11.1 Å². The van der Waals surface area contributed by atoms with Crippen molar-refractivity contribution in [2.45, 2.75) is 39.7 Å². The maximum Gasteiger partial charge on any atom is 0.219 e. The van der Waals surface area contributed by atoms with Crippen molar-refractivity contribution in [1.82, 2.24) is 4.98 Å². The second-order valence-corrected chi connectivity index (χ2v) is 5.49. The first-order valence-corrected chi connectivity index (χ1v) is 6.97. The van der Waals surface area contributed by atoms with E-state index in [0.717, 1.165) is 11.3 Å². The topological polar surface area (TPSA) is 48.1 Å². The van der Waals surface area contributed by atoms with Crippen molar-refractivity contribution in [3.63, 3.8) is 0 Å². The first-order valence-electron chi connectivity index (χ1n) is 6.97. The van der Waals surface area contributed by atoms with Crippen LogP contribution in [0, 0.1) is 6.92 Å². The zero-order chi connectivity index (χ0) is 14.7. The SMILES string of the molecule is Cc1cc(Oc2ccc([C@@H](C)N)cn2)ccc1C(C)C. The number of aromatic nitrogens is 1. The van der Waals surface area contributed by atoms with Gasteiger partial charge in [0.25, 0.3) is 0 Å². The van der Waals surface area contributed by atoms with Crippen LogP contribution in [0.25, 0.3) is 0 Å². The zero-order valence-electron chi connectivity index (χ0n) is 12.6. The van der Waals surface area contributed by atoms with Gasteiger partial charge >= 0.3 is 0 Å². The molecule has 2 aromatic rings. The van der Waals surface area contributed by atoms with E-state index >= 15 is 0 Å². The van der Waals surface area contributed by atoms with E-state index in [1.54, 1.807) is 6.20 Å². The summed E-state index contributed by atoms with van der Waals surface area (Å²) in [5, 5.41) is 0. The standard InChI is InChI=1S/C17H22N2O/c1-11(2)16-7-6-15(9-12(16)3)20-17-8-5-14(10-19-17)13(4)18/h5-11,13H,18H2,1-4H3/t13-/m1/s1. The third-order valence-corrected chi connectivity index (χ3v) is 3.37. The van der Waals surface area contributed by atoms with Gasteiger partial charge in [-0.3, -0.25) is 0 Å². The van der Waals surface area contributed by atoms with Crippen LogP contribution in [0.3, 0.4) is 0 Å². The van der Waals surface area contributed by atoms with Crippen molar-refractivity contribution in [3.8, 4) is 11.6 Å². The van der Waals surface area contributed by atoms with Crippen LogP contribution < -0.4 is 10.5 Å². The minimum Gasteiger partial charge on any atom is -0.439 e. The van der Waals surface area contributed by atoms with Gasteiger partial charge in [0.15, 0.2) is 0 Å². The van der Waals surface area contributed by atoms with Gasteiger partial charge in [0.05, 0.1) is 0 Å². The van der Waals surface area contributed by atoms with Gasteiger partial charge in [-0.05, 0) is 48.6 Å². The van der Waals surface area contributed by atoms with Crippen LogP contribution in [-0.2, 0) is 0 Å². The van der Waals surface area contributed by atoms with E-state index in [4.69, 9.17) is 10.5 Å². The van der Waals surface area contributed by atoms with Crippen LogP contribution in [0.1, 0.15) is 49.4 Å². The molecule has 0 bridgehead atoms. The number of aryl methyl sites for hydroxylation is 1. The summed E-state index contributed by atoms with van der Waals surface area (Å²) in [6.45, 7) is 8.43. The summed E-state index contributed by atoms with van der Waals surface area (Å²) in [5.74, 6) is 1.92. The number of pyridine rings is 1. The predicted molar refractivity (Wildman–Crippen MR) is 82.2 cm³/mol. The number of benzene rings is 1. The molecule has 0 radical (unpaired) electrons. The van der Waals surface area contributed by atoms with Gasteiger partial charge in [0.1, 0.15) is 5.75 Å². The highest BCUT2D eigenvalue weighted by atomic mass is 16.5. The molecule has 1 heterocycles. The van der Waals surface area contributed by atoms with Crippen molar-refractivity contribution in [3.05, 3.63) is 53.2 Å². The highest BCUT2D eigenvalue weighted by molar-refractivity contribution is 5.38. The molecule has 1 atom stereocenters. The second-order valence-electron chi connectivity index (χ2n) is 5.49. The number of nitrogens with zero attached hydrogens (tertiary/aromatic N) is 1. The van der Waals surface area contributed by atoms with Crippen molar-refractivity contribution < 1.29 is 4.74 Å². The molecule has 20 heavy (non-hydrogen) atoms. The summed E-state index contributed by atoms with van der Waals surface area (Å²) in [6, 6.07) is 9.95. The zero-order valence-corrected chi connectivity index (χ0v) is 12.6. The molecule has 1 aromatic carbocycles. The number of rotatable bonds is 4. The van der Waals surface area contributed by atoms with Crippen molar-refractivity contribution >= 4 is 0 Å². The fourth-order valence-electron chi connectivity index (χ4n) is 2.20. The molecule has 0 aliphatic heterocycles. The Labute approximate surface area is 120 Å². The van der Waals surface area contributed by atoms with Crippen LogP contribution in [0.4, 0.5) is 0 Å². The Kier molecular flexibility index (Phi) is 4.40. The fraction of sp³-hybridized carbons (Fsp3) is 0.353. The van der Waals surface area contributed by atoms with Crippen molar-refractivity contribution in [2.75, 3.05) is 0 Å². The van der Waals surface area contributed by atoms with Crippen molar-refractivity contribution in [2.24, 2.45) is 5.73 Å². The van der Waals surface area contributed by atoms with Gasteiger partial charge in [-0.25, -0.2) is 4.98 Å². The third-order valence-electron chi connectivity index (χ3n) is 3.37. The number of nitrogens with two attached hydrogens (primary N) is 1. The first-order chi connectivity index (χ1) is 9.47. The Hall–Kier alpha value is -1.87. The van der Waals surface area contributed by atoms with E-state index in [2.05, 4.69) is 37.9 Å². The Morgan fingerprint density at radius 1 is 1.10 bits per heavy atom. The summed E-state index contributed by atoms with van der Waals surface area (Å²) in [4.78, 5) is 4.28. The molecule has 0 unspecified atom stereocenters. The van der Waals surface area contributed by atoms with Gasteiger partial charge in [0.2, 0.25) is 5.88 Å². The Morgan fingerprint density at radius 3 is 2.35 bits per heavy atom. The number of ether oxygens (including phenoxy) is 1. The Bertz CT molecular complexity index is 574. The number of hydrogen-bond donors (Lipinski definition) is 1. The summed E-state index contributed by atoms with van der Waals surface area (Å²) in [6.07, 6.45) is 1.76. The molecule has 3 heteroatoms. The highest BCUT2D eigenvalue weighted by Crippen LogP contribution is 2.26. The monoisotopic (exact) mass is 270 g/mol. The summed E-state index contributed by atoms with van der Waals surface area (Å²) in [7, 11) is 0.